The predicted octanol–water partition coefficient (Wildman–Crippen LogP) is 3.06. The van der Waals surface area contributed by atoms with Crippen LogP contribution in [0.1, 0.15) is 29.4 Å². The second-order valence-electron chi connectivity index (χ2n) is 5.25. The summed E-state index contributed by atoms with van der Waals surface area (Å²) in [7, 11) is 0. The lowest BCUT2D eigenvalue weighted by molar-refractivity contribution is -0.139. The van der Waals surface area contributed by atoms with Gasteiger partial charge in [-0.2, -0.15) is 0 Å². The Morgan fingerprint density at radius 3 is 2.68 bits per heavy atom. The number of carboxylic acid groups (broad SMARTS) is 1. The SMILES string of the molecule is CCCSc1ncc(Cl)c(C(=O)N[C@H](Cc2ccccc2)C(=O)O)n1. The van der Waals surface area contributed by atoms with Gasteiger partial charge in [-0.3, -0.25) is 4.79 Å². The summed E-state index contributed by atoms with van der Waals surface area (Å²) in [4.78, 5) is 32.1. The molecule has 6 nitrogen and oxygen atoms in total. The number of halogens is 1. The molecule has 0 aliphatic heterocycles. The van der Waals surface area contributed by atoms with Gasteiger partial charge in [0.15, 0.2) is 10.9 Å². The third-order valence-electron chi connectivity index (χ3n) is 3.26. The van der Waals surface area contributed by atoms with Crippen molar-refractivity contribution in [1.29, 1.82) is 0 Å². The van der Waals surface area contributed by atoms with Gasteiger partial charge in [-0.1, -0.05) is 60.6 Å². The van der Waals surface area contributed by atoms with Crippen LogP contribution >= 0.6 is 23.4 Å². The average Bonchev–Trinajstić information content (AvgIpc) is 2.61. The summed E-state index contributed by atoms with van der Waals surface area (Å²) in [5, 5.41) is 12.4. The minimum Gasteiger partial charge on any atom is -0.480 e. The van der Waals surface area contributed by atoms with E-state index >= 15 is 0 Å². The monoisotopic (exact) mass is 379 g/mol. The molecule has 0 fully saturated rings. The largest absolute Gasteiger partial charge is 0.480 e. The summed E-state index contributed by atoms with van der Waals surface area (Å²) in [6.07, 6.45) is 2.47. The van der Waals surface area contributed by atoms with Crippen molar-refractivity contribution < 1.29 is 14.7 Å². The van der Waals surface area contributed by atoms with Gasteiger partial charge in [0.2, 0.25) is 0 Å². The molecule has 1 heterocycles. The van der Waals surface area contributed by atoms with E-state index in [4.69, 9.17) is 11.6 Å². The molecule has 0 saturated carbocycles. The Bertz CT molecular complexity index is 743. The Morgan fingerprint density at radius 1 is 1.32 bits per heavy atom. The van der Waals surface area contributed by atoms with Gasteiger partial charge in [-0.15, -0.1) is 0 Å². The van der Waals surface area contributed by atoms with Crippen molar-refractivity contribution in [3.05, 3.63) is 52.8 Å². The first kappa shape index (κ1) is 19.2. The van der Waals surface area contributed by atoms with Crippen molar-refractivity contribution in [1.82, 2.24) is 15.3 Å². The van der Waals surface area contributed by atoms with E-state index in [0.717, 1.165) is 17.7 Å². The van der Waals surface area contributed by atoms with Gasteiger partial charge in [0, 0.05) is 12.2 Å². The molecule has 0 aliphatic carbocycles. The second-order valence-corrected chi connectivity index (χ2v) is 6.72. The van der Waals surface area contributed by atoms with Crippen LogP contribution in [-0.2, 0) is 11.2 Å². The first-order valence-electron chi connectivity index (χ1n) is 7.74. The van der Waals surface area contributed by atoms with Gasteiger partial charge < -0.3 is 10.4 Å². The zero-order chi connectivity index (χ0) is 18.2. The van der Waals surface area contributed by atoms with Crippen molar-refractivity contribution in [3.63, 3.8) is 0 Å². The molecular weight excluding hydrogens is 362 g/mol. The van der Waals surface area contributed by atoms with Gasteiger partial charge in [-0.25, -0.2) is 14.8 Å². The number of carboxylic acids is 1. The molecular formula is C17H18ClN3O3S. The standard InChI is InChI=1S/C17H18ClN3O3S/c1-2-8-25-17-19-10-12(18)14(21-17)15(22)20-13(16(23)24)9-11-6-4-3-5-7-11/h3-7,10,13H,2,8-9H2,1H3,(H,20,22)(H,23,24)/t13-/m1/s1. The number of nitrogens with zero attached hydrogens (tertiary/aromatic N) is 2. The minimum absolute atomic E-state index is 0.0189. The fraction of sp³-hybridized carbons (Fsp3) is 0.294. The van der Waals surface area contributed by atoms with Crippen LogP contribution in [0.2, 0.25) is 5.02 Å². The lowest BCUT2D eigenvalue weighted by Crippen LogP contribution is -2.42. The van der Waals surface area contributed by atoms with E-state index in [9.17, 15) is 14.7 Å². The first-order chi connectivity index (χ1) is 12.0. The maximum atomic E-state index is 12.4. The van der Waals surface area contributed by atoms with Gasteiger partial charge in [-0.05, 0) is 12.0 Å². The number of benzene rings is 1. The summed E-state index contributed by atoms with van der Waals surface area (Å²) in [6, 6.07) is 8.00. The number of carbonyl (C=O) groups is 2. The Morgan fingerprint density at radius 2 is 2.04 bits per heavy atom. The lowest BCUT2D eigenvalue weighted by Gasteiger charge is -2.15. The van der Waals surface area contributed by atoms with E-state index in [0.29, 0.717) is 5.16 Å². The van der Waals surface area contributed by atoms with E-state index in [-0.39, 0.29) is 17.1 Å². The third kappa shape index (κ3) is 5.72. The highest BCUT2D eigenvalue weighted by atomic mass is 35.5. The lowest BCUT2D eigenvalue weighted by atomic mass is 10.1. The summed E-state index contributed by atoms with van der Waals surface area (Å²) >= 11 is 7.42. The van der Waals surface area contributed by atoms with Crippen LogP contribution in [0.25, 0.3) is 0 Å². The fourth-order valence-electron chi connectivity index (χ4n) is 2.05. The highest BCUT2D eigenvalue weighted by Crippen LogP contribution is 2.19. The van der Waals surface area contributed by atoms with Gasteiger partial charge >= 0.3 is 5.97 Å². The second kappa shape index (κ2) is 9.39. The summed E-state index contributed by atoms with van der Waals surface area (Å²) in [5.74, 6) is -0.939. The Labute approximate surface area is 155 Å². The number of nitrogens with one attached hydrogen (secondary N) is 1. The molecule has 0 bridgehead atoms. The van der Waals surface area contributed by atoms with E-state index in [1.807, 2.05) is 25.1 Å². The molecule has 132 valence electrons. The molecule has 1 amide bonds. The number of hydrogen-bond donors (Lipinski definition) is 2. The molecule has 2 aromatic rings. The van der Waals surface area contributed by atoms with Crippen LogP contribution in [0.15, 0.2) is 41.7 Å². The third-order valence-corrected chi connectivity index (χ3v) is 4.60. The van der Waals surface area contributed by atoms with Gasteiger partial charge in [0.05, 0.1) is 11.2 Å². The van der Waals surface area contributed by atoms with E-state index in [2.05, 4.69) is 15.3 Å². The Kier molecular flexibility index (Phi) is 7.21. The first-order valence-corrected chi connectivity index (χ1v) is 9.10. The number of hydrogen-bond acceptors (Lipinski definition) is 5. The molecule has 8 heteroatoms. The fourth-order valence-corrected chi connectivity index (χ4v) is 2.90. The molecule has 2 N–H and O–H groups in total. The molecule has 0 unspecified atom stereocenters. The van der Waals surface area contributed by atoms with Crippen LogP contribution in [0.5, 0.6) is 0 Å². The number of aromatic nitrogens is 2. The zero-order valence-electron chi connectivity index (χ0n) is 13.6. The smallest absolute Gasteiger partial charge is 0.326 e. The van der Waals surface area contributed by atoms with Crippen LogP contribution in [0.3, 0.4) is 0 Å². The number of carbonyl (C=O) groups excluding carboxylic acids is 1. The van der Waals surface area contributed by atoms with Crippen LogP contribution in [-0.4, -0.2) is 38.7 Å². The average molecular weight is 380 g/mol. The summed E-state index contributed by atoms with van der Waals surface area (Å²) < 4.78 is 0. The number of thioether (sulfide) groups is 1. The topological polar surface area (TPSA) is 92.2 Å². The maximum Gasteiger partial charge on any atom is 0.326 e. The van der Waals surface area contributed by atoms with E-state index in [1.54, 1.807) is 12.1 Å². The predicted molar refractivity (Wildman–Crippen MR) is 97.1 cm³/mol. The molecule has 1 aromatic heterocycles. The van der Waals surface area contributed by atoms with Crippen LogP contribution < -0.4 is 5.32 Å². The molecule has 25 heavy (non-hydrogen) atoms. The van der Waals surface area contributed by atoms with Crippen molar-refractivity contribution in [3.8, 4) is 0 Å². The molecule has 0 aliphatic rings. The van der Waals surface area contributed by atoms with Crippen LogP contribution in [0, 0.1) is 0 Å². The van der Waals surface area contributed by atoms with Crippen molar-refractivity contribution >= 4 is 35.2 Å². The van der Waals surface area contributed by atoms with Crippen molar-refractivity contribution in [2.45, 2.75) is 31.0 Å². The summed E-state index contributed by atoms with van der Waals surface area (Å²) in [5.41, 5.74) is 0.790. The summed E-state index contributed by atoms with van der Waals surface area (Å²) in [6.45, 7) is 2.03. The molecule has 2 rings (SSSR count). The highest BCUT2D eigenvalue weighted by Gasteiger charge is 2.23. The van der Waals surface area contributed by atoms with Crippen molar-refractivity contribution in [2.75, 3.05) is 5.75 Å². The highest BCUT2D eigenvalue weighted by molar-refractivity contribution is 7.99. The molecule has 1 aromatic carbocycles. The quantitative estimate of drug-likeness (QED) is 0.541. The molecule has 0 radical (unpaired) electrons. The Hall–Kier alpha value is -2.12. The van der Waals surface area contributed by atoms with E-state index in [1.165, 1.54) is 18.0 Å². The minimum atomic E-state index is -1.12. The van der Waals surface area contributed by atoms with Gasteiger partial charge in [0.25, 0.3) is 5.91 Å². The number of rotatable bonds is 8. The maximum absolute atomic E-state index is 12.4. The van der Waals surface area contributed by atoms with Gasteiger partial charge in [0.1, 0.15) is 6.04 Å². The number of aliphatic carboxylic acids is 1. The van der Waals surface area contributed by atoms with Crippen LogP contribution in [0.4, 0.5) is 0 Å². The Balaban J connectivity index is 2.14. The number of amides is 1. The molecule has 0 saturated heterocycles. The molecule has 1 atom stereocenters. The molecule has 0 spiro atoms. The van der Waals surface area contributed by atoms with Crippen molar-refractivity contribution in [2.24, 2.45) is 0 Å². The zero-order valence-corrected chi connectivity index (χ0v) is 15.2. The normalized spacial score (nSPS) is 11.8. The van der Waals surface area contributed by atoms with E-state index < -0.39 is 17.9 Å².